The maximum absolute atomic E-state index is 13.6. The van der Waals surface area contributed by atoms with Gasteiger partial charge < -0.3 is 15.7 Å². The molecule has 0 radical (unpaired) electrons. The maximum Gasteiger partial charge on any atom is 0.261 e. The van der Waals surface area contributed by atoms with Gasteiger partial charge in [-0.05, 0) is 18.6 Å². The van der Waals surface area contributed by atoms with Crippen LogP contribution in [0.5, 0.6) is 5.75 Å². The lowest BCUT2D eigenvalue weighted by Crippen LogP contribution is -2.39. The number of hydrogen-bond acceptors (Lipinski definition) is 3. The minimum Gasteiger partial charge on any atom is -0.507 e. The Bertz CT molecular complexity index is 457. The van der Waals surface area contributed by atoms with Gasteiger partial charge in [0, 0.05) is 6.54 Å². The van der Waals surface area contributed by atoms with Gasteiger partial charge in [-0.15, -0.1) is 0 Å². The first-order chi connectivity index (χ1) is 8.97. The Labute approximate surface area is 110 Å². The molecule has 0 aliphatic carbocycles. The van der Waals surface area contributed by atoms with Crippen LogP contribution in [0, 0.1) is 5.82 Å². The van der Waals surface area contributed by atoms with E-state index in [0.717, 1.165) is 17.4 Å². The SMILES string of the molecule is CCCCN(CC(N)=O)C(=O)c1c(O)cccc1F. The number of amides is 2. The number of hydrogen-bond donors (Lipinski definition) is 2. The standard InChI is InChI=1S/C13H17FN2O3/c1-2-3-7-16(8-11(15)18)13(19)12-9(14)5-4-6-10(12)17/h4-6,17H,2-3,7-8H2,1H3,(H2,15,18). The van der Waals surface area contributed by atoms with Crippen LogP contribution in [-0.2, 0) is 4.79 Å². The first-order valence-electron chi connectivity index (χ1n) is 6.02. The molecule has 0 saturated carbocycles. The number of rotatable bonds is 6. The van der Waals surface area contributed by atoms with Crippen LogP contribution in [0.2, 0.25) is 0 Å². The van der Waals surface area contributed by atoms with E-state index in [0.29, 0.717) is 6.42 Å². The van der Waals surface area contributed by atoms with Gasteiger partial charge in [0.05, 0.1) is 6.54 Å². The molecule has 0 atom stereocenters. The highest BCUT2D eigenvalue weighted by atomic mass is 19.1. The number of aromatic hydroxyl groups is 1. The predicted octanol–water partition coefficient (Wildman–Crippen LogP) is 1.26. The molecule has 1 aromatic carbocycles. The summed E-state index contributed by atoms with van der Waals surface area (Å²) in [6.45, 7) is 1.91. The Morgan fingerprint density at radius 3 is 2.63 bits per heavy atom. The average molecular weight is 268 g/mol. The summed E-state index contributed by atoms with van der Waals surface area (Å²) >= 11 is 0. The fraction of sp³-hybridized carbons (Fsp3) is 0.385. The summed E-state index contributed by atoms with van der Waals surface area (Å²) in [5.74, 6) is -2.69. The number of unbranched alkanes of at least 4 members (excludes halogenated alkanes) is 1. The van der Waals surface area contributed by atoms with Gasteiger partial charge in [0.1, 0.15) is 17.1 Å². The lowest BCUT2D eigenvalue weighted by Gasteiger charge is -2.21. The summed E-state index contributed by atoms with van der Waals surface area (Å²) < 4.78 is 13.6. The second-order valence-electron chi connectivity index (χ2n) is 4.18. The van der Waals surface area contributed by atoms with E-state index in [9.17, 15) is 19.1 Å². The van der Waals surface area contributed by atoms with Crippen molar-refractivity contribution >= 4 is 11.8 Å². The first-order valence-corrected chi connectivity index (χ1v) is 6.02. The van der Waals surface area contributed by atoms with Crippen molar-refractivity contribution in [3.63, 3.8) is 0 Å². The van der Waals surface area contributed by atoms with E-state index in [1.807, 2.05) is 6.92 Å². The van der Waals surface area contributed by atoms with E-state index in [1.54, 1.807) is 0 Å². The third-order valence-electron chi connectivity index (χ3n) is 2.62. The van der Waals surface area contributed by atoms with E-state index < -0.39 is 28.9 Å². The topological polar surface area (TPSA) is 83.6 Å². The van der Waals surface area contributed by atoms with Crippen molar-refractivity contribution in [1.82, 2.24) is 4.90 Å². The van der Waals surface area contributed by atoms with Gasteiger partial charge in [0.2, 0.25) is 5.91 Å². The number of phenolic OH excluding ortho intramolecular Hbond substituents is 1. The molecule has 0 unspecified atom stereocenters. The highest BCUT2D eigenvalue weighted by Crippen LogP contribution is 2.21. The molecule has 0 aromatic heterocycles. The molecule has 5 nitrogen and oxygen atoms in total. The predicted molar refractivity (Wildman–Crippen MR) is 68.1 cm³/mol. The van der Waals surface area contributed by atoms with Crippen molar-refractivity contribution in [2.45, 2.75) is 19.8 Å². The Kier molecular flexibility index (Phi) is 5.29. The minimum absolute atomic E-state index is 0.284. The molecule has 19 heavy (non-hydrogen) atoms. The molecule has 104 valence electrons. The summed E-state index contributed by atoms with van der Waals surface area (Å²) in [6.07, 6.45) is 1.47. The van der Waals surface area contributed by atoms with Crippen molar-refractivity contribution in [1.29, 1.82) is 0 Å². The molecule has 0 fully saturated rings. The van der Waals surface area contributed by atoms with Crippen LogP contribution < -0.4 is 5.73 Å². The number of carbonyl (C=O) groups is 2. The minimum atomic E-state index is -0.823. The van der Waals surface area contributed by atoms with Gasteiger partial charge in [0.15, 0.2) is 0 Å². The number of primary amides is 1. The number of halogens is 1. The number of phenols is 1. The summed E-state index contributed by atoms with van der Waals surface area (Å²) in [5.41, 5.74) is 4.64. The van der Waals surface area contributed by atoms with E-state index in [4.69, 9.17) is 5.73 Å². The van der Waals surface area contributed by atoms with Crippen LogP contribution in [0.3, 0.4) is 0 Å². The molecule has 0 aliphatic rings. The Hall–Kier alpha value is -2.11. The fourth-order valence-electron chi connectivity index (χ4n) is 1.67. The van der Waals surface area contributed by atoms with Gasteiger partial charge in [-0.1, -0.05) is 19.4 Å². The quantitative estimate of drug-likeness (QED) is 0.814. The van der Waals surface area contributed by atoms with Crippen LogP contribution in [0.1, 0.15) is 30.1 Å². The molecule has 0 spiro atoms. The van der Waals surface area contributed by atoms with Crippen LogP contribution in [0.4, 0.5) is 4.39 Å². The third kappa shape index (κ3) is 3.94. The van der Waals surface area contributed by atoms with Crippen molar-refractivity contribution in [3.05, 3.63) is 29.6 Å². The van der Waals surface area contributed by atoms with E-state index in [1.165, 1.54) is 12.1 Å². The van der Waals surface area contributed by atoms with E-state index in [2.05, 4.69) is 0 Å². The number of nitrogens with zero attached hydrogens (tertiary/aromatic N) is 1. The molecule has 6 heteroatoms. The second kappa shape index (κ2) is 6.72. The largest absolute Gasteiger partial charge is 0.507 e. The van der Waals surface area contributed by atoms with Crippen LogP contribution in [0.15, 0.2) is 18.2 Å². The van der Waals surface area contributed by atoms with Crippen molar-refractivity contribution < 1.29 is 19.1 Å². The number of carbonyl (C=O) groups excluding carboxylic acids is 2. The van der Waals surface area contributed by atoms with Crippen LogP contribution >= 0.6 is 0 Å². The molecule has 0 saturated heterocycles. The van der Waals surface area contributed by atoms with Gasteiger partial charge in [-0.2, -0.15) is 0 Å². The highest BCUT2D eigenvalue weighted by molar-refractivity contribution is 5.98. The van der Waals surface area contributed by atoms with E-state index >= 15 is 0 Å². The zero-order chi connectivity index (χ0) is 14.4. The molecule has 0 heterocycles. The summed E-state index contributed by atoms with van der Waals surface area (Å²) in [5, 5.41) is 9.57. The number of benzene rings is 1. The van der Waals surface area contributed by atoms with Crippen LogP contribution in [0.25, 0.3) is 0 Å². The molecular weight excluding hydrogens is 251 g/mol. The Morgan fingerprint density at radius 2 is 2.11 bits per heavy atom. The molecule has 0 aliphatic heterocycles. The first kappa shape index (κ1) is 14.9. The summed E-state index contributed by atoms with van der Waals surface area (Å²) in [7, 11) is 0. The molecule has 0 bridgehead atoms. The smallest absolute Gasteiger partial charge is 0.261 e. The van der Waals surface area contributed by atoms with Crippen LogP contribution in [-0.4, -0.2) is 34.9 Å². The Balaban J connectivity index is 3.01. The zero-order valence-electron chi connectivity index (χ0n) is 10.7. The molecule has 1 rings (SSSR count). The molecule has 2 amide bonds. The maximum atomic E-state index is 13.6. The summed E-state index contributed by atoms with van der Waals surface area (Å²) in [4.78, 5) is 24.2. The van der Waals surface area contributed by atoms with E-state index in [-0.39, 0.29) is 13.1 Å². The van der Waals surface area contributed by atoms with Crippen molar-refractivity contribution in [2.75, 3.05) is 13.1 Å². The van der Waals surface area contributed by atoms with Gasteiger partial charge in [-0.25, -0.2) is 4.39 Å². The fourth-order valence-corrected chi connectivity index (χ4v) is 1.67. The summed E-state index contributed by atoms with van der Waals surface area (Å²) in [6, 6.07) is 3.60. The lowest BCUT2D eigenvalue weighted by atomic mass is 10.1. The second-order valence-corrected chi connectivity index (χ2v) is 4.18. The average Bonchev–Trinajstić information content (AvgIpc) is 2.33. The van der Waals surface area contributed by atoms with Gasteiger partial charge in [-0.3, -0.25) is 9.59 Å². The monoisotopic (exact) mass is 268 g/mol. The lowest BCUT2D eigenvalue weighted by molar-refractivity contribution is -0.118. The molecule has 3 N–H and O–H groups in total. The van der Waals surface area contributed by atoms with Crippen molar-refractivity contribution in [3.8, 4) is 5.75 Å². The zero-order valence-corrected chi connectivity index (χ0v) is 10.7. The van der Waals surface area contributed by atoms with Gasteiger partial charge >= 0.3 is 0 Å². The molecular formula is C13H17FN2O3. The number of nitrogens with two attached hydrogens (primary N) is 1. The van der Waals surface area contributed by atoms with Crippen molar-refractivity contribution in [2.24, 2.45) is 5.73 Å². The Morgan fingerprint density at radius 1 is 1.42 bits per heavy atom. The third-order valence-corrected chi connectivity index (χ3v) is 2.62. The highest BCUT2D eigenvalue weighted by Gasteiger charge is 2.23. The van der Waals surface area contributed by atoms with Gasteiger partial charge in [0.25, 0.3) is 5.91 Å². The molecule has 1 aromatic rings. The normalized spacial score (nSPS) is 10.2.